The molecule has 53 heavy (non-hydrogen) atoms. The van der Waals surface area contributed by atoms with Crippen LogP contribution in [-0.4, -0.2) is 119 Å². The molecule has 304 valence electrons. The van der Waals surface area contributed by atoms with Gasteiger partial charge in [-0.25, -0.2) is 14.2 Å². The summed E-state index contributed by atoms with van der Waals surface area (Å²) in [5.41, 5.74) is -5.69. The second kappa shape index (κ2) is 19.3. The van der Waals surface area contributed by atoms with Crippen LogP contribution in [0.2, 0.25) is 0 Å². The van der Waals surface area contributed by atoms with Crippen LogP contribution in [0.25, 0.3) is 0 Å². The lowest BCUT2D eigenvalue weighted by molar-refractivity contribution is -0.299. The average molecular weight is 757 g/mol. The highest BCUT2D eigenvalue weighted by Gasteiger charge is 2.55. The topological polar surface area (TPSA) is 167 Å². The van der Waals surface area contributed by atoms with Gasteiger partial charge in [-0.2, -0.15) is 0 Å². The van der Waals surface area contributed by atoms with E-state index in [0.29, 0.717) is 25.0 Å². The summed E-state index contributed by atoms with van der Waals surface area (Å²) in [6, 6.07) is -0.380. The third-order valence-corrected chi connectivity index (χ3v) is 10.5. The minimum Gasteiger partial charge on any atom is -0.457 e. The van der Waals surface area contributed by atoms with Crippen LogP contribution in [-0.2, 0) is 47.7 Å². The second-order valence-corrected chi connectivity index (χ2v) is 16.1. The van der Waals surface area contributed by atoms with Crippen molar-refractivity contribution in [3.63, 3.8) is 0 Å². The molecule has 0 aromatic rings. The number of rotatable bonds is 13. The van der Waals surface area contributed by atoms with Crippen LogP contribution >= 0.6 is 0 Å². The van der Waals surface area contributed by atoms with Gasteiger partial charge >= 0.3 is 11.9 Å². The van der Waals surface area contributed by atoms with Crippen LogP contribution in [0, 0.1) is 17.8 Å². The molecular weight excluding hydrogens is 691 g/mol. The predicted molar refractivity (Wildman–Crippen MR) is 196 cm³/mol. The van der Waals surface area contributed by atoms with Crippen LogP contribution in [0.4, 0.5) is 4.39 Å². The minimum absolute atomic E-state index is 0.0599. The highest BCUT2D eigenvalue weighted by atomic mass is 19.1. The first kappa shape index (κ1) is 46.5. The van der Waals surface area contributed by atoms with Crippen molar-refractivity contribution >= 4 is 35.1 Å². The van der Waals surface area contributed by atoms with Crippen molar-refractivity contribution in [1.82, 2.24) is 4.90 Å². The van der Waals surface area contributed by atoms with E-state index in [0.717, 1.165) is 6.92 Å². The van der Waals surface area contributed by atoms with E-state index in [4.69, 9.17) is 23.7 Å². The smallest absolute Gasteiger partial charge is 0.351 e. The third kappa shape index (κ3) is 12.4. The summed E-state index contributed by atoms with van der Waals surface area (Å²) in [4.78, 5) is 72.3. The van der Waals surface area contributed by atoms with E-state index in [9.17, 15) is 29.1 Å². The first-order valence-corrected chi connectivity index (χ1v) is 19.0. The molecule has 1 amide bonds. The number of carbonyl (C=O) groups is 5. The summed E-state index contributed by atoms with van der Waals surface area (Å²) in [5.74, 6) is -5.86. The molecule has 2 rings (SSSR count). The SMILES string of the molecule is CCC(=O)/N=C1/[C@H](C)CCCC(=O)CO[C@@](C)([C@H](O[C@@H]2O[C@H](C)C[C@H](N(C)C)[C@H]2OC(C)=O)[C@@H](C)C(=O)[C@](C)(F)C(=O)O[C@H](CC)C(C)(C)O)C[C@H]1C. The largest absolute Gasteiger partial charge is 0.457 e. The van der Waals surface area contributed by atoms with Gasteiger partial charge in [0, 0.05) is 31.4 Å². The Balaban J connectivity index is 2.80. The van der Waals surface area contributed by atoms with Crippen LogP contribution in [0.5, 0.6) is 0 Å². The van der Waals surface area contributed by atoms with Crippen molar-refractivity contribution < 1.29 is 57.2 Å². The quantitative estimate of drug-likeness (QED) is 0.199. The van der Waals surface area contributed by atoms with Gasteiger partial charge < -0.3 is 33.7 Å². The number of aliphatic imine (C=N–C) groups is 1. The Morgan fingerprint density at radius 2 is 1.74 bits per heavy atom. The number of alkyl halides is 1. The van der Waals surface area contributed by atoms with Crippen molar-refractivity contribution in [2.75, 3.05) is 20.7 Å². The molecule has 2 aliphatic rings. The molecule has 0 unspecified atom stereocenters. The Morgan fingerprint density at radius 3 is 2.26 bits per heavy atom. The fourth-order valence-corrected chi connectivity index (χ4v) is 7.49. The van der Waals surface area contributed by atoms with Crippen molar-refractivity contribution in [3.8, 4) is 0 Å². The van der Waals surface area contributed by atoms with Crippen molar-refractivity contribution in [2.45, 2.75) is 175 Å². The summed E-state index contributed by atoms with van der Waals surface area (Å²) < 4.78 is 47.2. The number of ether oxygens (including phenoxy) is 5. The highest BCUT2D eigenvalue weighted by Crippen LogP contribution is 2.39. The second-order valence-electron chi connectivity index (χ2n) is 16.1. The van der Waals surface area contributed by atoms with Gasteiger partial charge in [0.25, 0.3) is 5.67 Å². The molecule has 0 aromatic carbocycles. The number of hydrogen-bond acceptors (Lipinski definition) is 12. The number of hydrogen-bond donors (Lipinski definition) is 1. The third-order valence-electron chi connectivity index (χ3n) is 10.5. The molecule has 14 heteroatoms. The van der Waals surface area contributed by atoms with Crippen LogP contribution in [0.3, 0.4) is 0 Å². The number of ketones is 2. The fraction of sp³-hybridized carbons (Fsp3) is 0.846. The first-order chi connectivity index (χ1) is 24.4. The summed E-state index contributed by atoms with van der Waals surface area (Å²) in [7, 11) is 3.64. The van der Waals surface area contributed by atoms with E-state index in [1.54, 1.807) is 20.8 Å². The lowest BCUT2D eigenvalue weighted by Crippen LogP contribution is -2.61. The van der Waals surface area contributed by atoms with Gasteiger partial charge in [0.15, 0.2) is 24.0 Å². The molecule has 2 aliphatic heterocycles. The fourth-order valence-electron chi connectivity index (χ4n) is 7.49. The van der Waals surface area contributed by atoms with E-state index in [1.807, 2.05) is 39.8 Å². The molecule has 0 saturated carbocycles. The molecule has 0 bridgehead atoms. The van der Waals surface area contributed by atoms with Gasteiger partial charge in [-0.1, -0.05) is 34.6 Å². The van der Waals surface area contributed by atoms with E-state index < -0.39 is 77.1 Å². The van der Waals surface area contributed by atoms with Gasteiger partial charge in [0.2, 0.25) is 5.91 Å². The minimum atomic E-state index is -3.21. The molecule has 2 heterocycles. The highest BCUT2D eigenvalue weighted by molar-refractivity contribution is 6.08. The number of halogens is 1. The molecule has 0 aromatic heterocycles. The maximum absolute atomic E-state index is 16.7. The predicted octanol–water partition coefficient (Wildman–Crippen LogP) is 4.96. The van der Waals surface area contributed by atoms with Gasteiger partial charge in [-0.05, 0) is 92.7 Å². The van der Waals surface area contributed by atoms with Crippen LogP contribution in [0.1, 0.15) is 121 Å². The zero-order chi connectivity index (χ0) is 40.6. The zero-order valence-corrected chi connectivity index (χ0v) is 34.2. The summed E-state index contributed by atoms with van der Waals surface area (Å²) >= 11 is 0. The molecule has 0 spiro atoms. The molecular formula is C39H65FN2O11. The number of Topliss-reactive ketones (excluding diaryl/α,β-unsaturated/α-hetero) is 2. The molecule has 0 aliphatic carbocycles. The summed E-state index contributed by atoms with van der Waals surface area (Å²) in [6.07, 6.45) is -2.99. The van der Waals surface area contributed by atoms with Crippen LogP contribution in [0.15, 0.2) is 4.99 Å². The number of amides is 1. The number of esters is 2. The molecule has 0 radical (unpaired) electrons. The van der Waals surface area contributed by atoms with Gasteiger partial charge in [-0.15, -0.1) is 0 Å². The monoisotopic (exact) mass is 756 g/mol. The van der Waals surface area contributed by atoms with Crippen LogP contribution < -0.4 is 0 Å². The number of carbonyl (C=O) groups excluding carboxylic acids is 5. The Labute approximate surface area is 315 Å². The number of likely N-dealkylation sites (N-methyl/N-ethyl adjacent to an activating group) is 1. The molecule has 2 saturated heterocycles. The van der Waals surface area contributed by atoms with E-state index in [1.165, 1.54) is 27.7 Å². The zero-order valence-electron chi connectivity index (χ0n) is 34.2. The molecule has 1 N–H and O–H groups in total. The van der Waals surface area contributed by atoms with Crippen molar-refractivity contribution in [3.05, 3.63) is 0 Å². The lowest BCUT2D eigenvalue weighted by atomic mass is 9.75. The van der Waals surface area contributed by atoms with Gasteiger partial charge in [-0.3, -0.25) is 19.2 Å². The Kier molecular flexibility index (Phi) is 16.9. The first-order valence-electron chi connectivity index (χ1n) is 19.0. The molecule has 11 atom stereocenters. The lowest BCUT2D eigenvalue weighted by Gasteiger charge is -2.48. The van der Waals surface area contributed by atoms with E-state index in [-0.39, 0.29) is 55.9 Å². The molecule has 2 fully saturated rings. The Morgan fingerprint density at radius 1 is 1.11 bits per heavy atom. The van der Waals surface area contributed by atoms with Crippen molar-refractivity contribution in [2.24, 2.45) is 22.7 Å². The van der Waals surface area contributed by atoms with Crippen molar-refractivity contribution in [1.29, 1.82) is 0 Å². The Hall–Kier alpha value is -2.65. The summed E-state index contributed by atoms with van der Waals surface area (Å²) in [6.45, 7) is 16.6. The van der Waals surface area contributed by atoms with E-state index >= 15 is 4.39 Å². The Bertz CT molecular complexity index is 1330. The average Bonchev–Trinajstić information content (AvgIpc) is 3.07. The number of aliphatic hydroxyl groups is 1. The number of nitrogens with zero attached hydrogens (tertiary/aromatic N) is 2. The standard InChI is InChI=1S/C39H65FN2O11/c1-14-29(37(8,9)48)52-36(47)39(11,40)33(46)25(6)34(53-35-32(51-26(7)43)28(42(12)13)19-24(5)50-35)38(10)20-23(4)31(41-30(45)15-2)22(3)17-16-18-27(44)21-49-38/h22-25,28-29,32,34-35,48H,14-21H2,1-13H3/b41-31-/t22-,23-,24-,25+,28+,29-,32-,34-,35+,38-,39+/m1/s1. The van der Waals surface area contributed by atoms with Gasteiger partial charge in [0.1, 0.15) is 12.7 Å². The maximum Gasteiger partial charge on any atom is 0.351 e. The van der Waals surface area contributed by atoms with E-state index in [2.05, 4.69) is 4.99 Å². The normalized spacial score (nSPS) is 31.5. The molecule has 13 nitrogen and oxygen atoms in total. The van der Waals surface area contributed by atoms with Gasteiger partial charge in [0.05, 0.1) is 29.5 Å². The summed E-state index contributed by atoms with van der Waals surface area (Å²) in [5, 5.41) is 10.5. The maximum atomic E-state index is 16.7.